The van der Waals surface area contributed by atoms with Crippen molar-refractivity contribution in [2.24, 2.45) is 0 Å². The number of carbonyl (C=O) groups excluding carboxylic acids is 1. The van der Waals surface area contributed by atoms with Crippen molar-refractivity contribution < 1.29 is 4.79 Å². The fourth-order valence-electron chi connectivity index (χ4n) is 3.36. The van der Waals surface area contributed by atoms with Gasteiger partial charge in [0.15, 0.2) is 5.78 Å². The molecule has 3 aromatic rings. The van der Waals surface area contributed by atoms with Crippen LogP contribution in [0.1, 0.15) is 42.4 Å². The van der Waals surface area contributed by atoms with E-state index in [1.807, 2.05) is 13.8 Å². The molecule has 0 atom stereocenters. The summed E-state index contributed by atoms with van der Waals surface area (Å²) in [5.74, 6) is 0.650. The van der Waals surface area contributed by atoms with E-state index in [0.29, 0.717) is 46.0 Å². The van der Waals surface area contributed by atoms with Crippen molar-refractivity contribution >= 4 is 34.0 Å². The van der Waals surface area contributed by atoms with E-state index < -0.39 is 0 Å². The van der Waals surface area contributed by atoms with Gasteiger partial charge in [-0.15, -0.1) is 0 Å². The molecule has 6 heteroatoms. The second-order valence-electron chi connectivity index (χ2n) is 6.73. The zero-order valence-electron chi connectivity index (χ0n) is 14.5. The summed E-state index contributed by atoms with van der Waals surface area (Å²) in [6, 6.07) is 10.6. The quantitative estimate of drug-likeness (QED) is 0.738. The number of hydrogen-bond acceptors (Lipinski definition) is 4. The van der Waals surface area contributed by atoms with Gasteiger partial charge in [0.05, 0.1) is 22.2 Å². The Balaban J connectivity index is 2.09. The minimum atomic E-state index is -0.179. The van der Waals surface area contributed by atoms with E-state index in [9.17, 15) is 9.59 Å². The number of nitrogens with zero attached hydrogens (tertiary/aromatic N) is 2. The lowest BCUT2D eigenvalue weighted by Crippen LogP contribution is -2.27. The number of ketones is 1. The molecule has 0 unspecified atom stereocenters. The van der Waals surface area contributed by atoms with Crippen molar-refractivity contribution in [1.82, 2.24) is 9.55 Å². The molecule has 0 saturated carbocycles. The standard InChI is InChI=1S/C20H18ClN3O2/c1-11(2)19-23-18-14(7-8-15-17(18)16(25)9-10-22-15)20(26)24(19)13-5-3-12(21)4-6-13/h3-8,11,22H,9-10H2,1-2H3. The van der Waals surface area contributed by atoms with Crippen molar-refractivity contribution in [2.75, 3.05) is 11.9 Å². The smallest absolute Gasteiger partial charge is 0.266 e. The first-order valence-corrected chi connectivity index (χ1v) is 8.98. The van der Waals surface area contributed by atoms with Crippen molar-refractivity contribution in [3.05, 3.63) is 63.2 Å². The van der Waals surface area contributed by atoms with Crippen LogP contribution in [-0.2, 0) is 0 Å². The summed E-state index contributed by atoms with van der Waals surface area (Å²) < 4.78 is 1.61. The topological polar surface area (TPSA) is 64.0 Å². The molecular weight excluding hydrogens is 350 g/mol. The van der Waals surface area contributed by atoms with E-state index in [4.69, 9.17) is 16.6 Å². The van der Waals surface area contributed by atoms with Gasteiger partial charge in [-0.05, 0) is 36.4 Å². The number of halogens is 1. The maximum atomic E-state index is 13.3. The van der Waals surface area contributed by atoms with Crippen LogP contribution in [0.2, 0.25) is 5.02 Å². The summed E-state index contributed by atoms with van der Waals surface area (Å²) in [4.78, 5) is 30.5. The number of nitrogens with one attached hydrogen (secondary N) is 1. The SMILES string of the molecule is CC(C)c1nc2c3c(ccc2c(=O)n1-c1ccc(Cl)cc1)NCCC3=O. The fraction of sp³-hybridized carbons (Fsp3) is 0.250. The molecule has 0 spiro atoms. The molecule has 0 bridgehead atoms. The lowest BCUT2D eigenvalue weighted by Gasteiger charge is -2.21. The summed E-state index contributed by atoms with van der Waals surface area (Å²) >= 11 is 5.98. The van der Waals surface area contributed by atoms with Gasteiger partial charge in [0, 0.05) is 29.6 Å². The highest BCUT2D eigenvalue weighted by molar-refractivity contribution is 6.30. The molecule has 0 fully saturated rings. The first kappa shape index (κ1) is 16.8. The molecule has 0 saturated heterocycles. The Labute approximate surface area is 155 Å². The molecule has 4 rings (SSSR count). The summed E-state index contributed by atoms with van der Waals surface area (Å²) in [6.07, 6.45) is 0.408. The highest BCUT2D eigenvalue weighted by Gasteiger charge is 2.24. The number of carbonyl (C=O) groups is 1. The zero-order chi connectivity index (χ0) is 18.4. The number of anilines is 1. The predicted octanol–water partition coefficient (Wildman–Crippen LogP) is 4.16. The highest BCUT2D eigenvalue weighted by Crippen LogP contribution is 2.29. The largest absolute Gasteiger partial charge is 0.384 e. The van der Waals surface area contributed by atoms with Gasteiger partial charge in [0.1, 0.15) is 5.82 Å². The minimum Gasteiger partial charge on any atom is -0.384 e. The first-order valence-electron chi connectivity index (χ1n) is 8.60. The van der Waals surface area contributed by atoms with Crippen LogP contribution in [0.4, 0.5) is 5.69 Å². The average molecular weight is 368 g/mol. The summed E-state index contributed by atoms with van der Waals surface area (Å²) in [6.45, 7) is 4.57. The monoisotopic (exact) mass is 367 g/mol. The number of fused-ring (bicyclic) bond motifs is 3. The lowest BCUT2D eigenvalue weighted by atomic mass is 9.98. The van der Waals surface area contributed by atoms with Crippen LogP contribution >= 0.6 is 11.6 Å². The second kappa shape index (κ2) is 6.25. The van der Waals surface area contributed by atoms with Gasteiger partial charge >= 0.3 is 0 Å². The average Bonchev–Trinajstić information content (AvgIpc) is 2.62. The van der Waals surface area contributed by atoms with Crippen molar-refractivity contribution in [3.8, 4) is 5.69 Å². The molecule has 1 aliphatic heterocycles. The Kier molecular flexibility index (Phi) is 4.04. The summed E-state index contributed by atoms with van der Waals surface area (Å²) in [5, 5.41) is 4.27. The first-order chi connectivity index (χ1) is 12.5. The normalized spacial score (nSPS) is 13.8. The maximum absolute atomic E-state index is 13.3. The Morgan fingerprint density at radius 2 is 1.85 bits per heavy atom. The molecule has 2 heterocycles. The zero-order valence-corrected chi connectivity index (χ0v) is 15.3. The Morgan fingerprint density at radius 1 is 1.12 bits per heavy atom. The summed E-state index contributed by atoms with van der Waals surface area (Å²) in [5.41, 5.74) is 2.29. The van der Waals surface area contributed by atoms with E-state index in [1.165, 1.54) is 0 Å². The van der Waals surface area contributed by atoms with Crippen LogP contribution in [0.5, 0.6) is 0 Å². The van der Waals surface area contributed by atoms with Crippen LogP contribution in [0.15, 0.2) is 41.2 Å². The maximum Gasteiger partial charge on any atom is 0.266 e. The number of Topliss-reactive ketones (excluding diaryl/α,β-unsaturated/α-hetero) is 1. The van der Waals surface area contributed by atoms with Crippen molar-refractivity contribution in [2.45, 2.75) is 26.2 Å². The molecule has 1 aliphatic rings. The van der Waals surface area contributed by atoms with E-state index >= 15 is 0 Å². The molecule has 1 aromatic heterocycles. The molecule has 132 valence electrons. The third-order valence-corrected chi connectivity index (χ3v) is 4.87. The molecule has 0 radical (unpaired) electrons. The van der Waals surface area contributed by atoms with Gasteiger partial charge in [-0.2, -0.15) is 0 Å². The van der Waals surface area contributed by atoms with E-state index in [2.05, 4.69) is 5.32 Å². The van der Waals surface area contributed by atoms with Gasteiger partial charge in [-0.3, -0.25) is 14.2 Å². The van der Waals surface area contributed by atoms with Gasteiger partial charge in [0.25, 0.3) is 5.56 Å². The predicted molar refractivity (Wildman–Crippen MR) is 104 cm³/mol. The molecule has 2 aromatic carbocycles. The van der Waals surface area contributed by atoms with E-state index in [1.54, 1.807) is 41.0 Å². The molecular formula is C20H18ClN3O2. The van der Waals surface area contributed by atoms with Gasteiger partial charge in [-0.1, -0.05) is 25.4 Å². The summed E-state index contributed by atoms with van der Waals surface area (Å²) in [7, 11) is 0. The fourth-order valence-corrected chi connectivity index (χ4v) is 3.49. The van der Waals surface area contributed by atoms with Gasteiger partial charge < -0.3 is 5.32 Å². The van der Waals surface area contributed by atoms with E-state index in [-0.39, 0.29) is 17.3 Å². The lowest BCUT2D eigenvalue weighted by molar-refractivity contribution is 0.0985. The minimum absolute atomic E-state index is 0.00489. The van der Waals surface area contributed by atoms with Gasteiger partial charge in [0.2, 0.25) is 0 Å². The number of hydrogen-bond donors (Lipinski definition) is 1. The van der Waals surface area contributed by atoms with E-state index in [0.717, 1.165) is 5.69 Å². The van der Waals surface area contributed by atoms with Crippen LogP contribution in [-0.4, -0.2) is 21.9 Å². The molecule has 0 amide bonds. The molecule has 0 aliphatic carbocycles. The van der Waals surface area contributed by atoms with Crippen molar-refractivity contribution in [1.29, 1.82) is 0 Å². The highest BCUT2D eigenvalue weighted by atomic mass is 35.5. The third-order valence-electron chi connectivity index (χ3n) is 4.61. The van der Waals surface area contributed by atoms with Crippen LogP contribution in [0.3, 0.4) is 0 Å². The van der Waals surface area contributed by atoms with Crippen LogP contribution in [0, 0.1) is 0 Å². The number of aromatic nitrogens is 2. The Hall–Kier alpha value is -2.66. The molecule has 1 N–H and O–H groups in total. The second-order valence-corrected chi connectivity index (χ2v) is 7.16. The Morgan fingerprint density at radius 3 is 2.54 bits per heavy atom. The Bertz CT molecular complexity index is 1080. The third kappa shape index (κ3) is 2.59. The van der Waals surface area contributed by atoms with Crippen LogP contribution in [0.25, 0.3) is 16.6 Å². The number of rotatable bonds is 2. The number of benzene rings is 2. The molecule has 5 nitrogen and oxygen atoms in total. The van der Waals surface area contributed by atoms with Gasteiger partial charge in [-0.25, -0.2) is 4.98 Å². The van der Waals surface area contributed by atoms with Crippen LogP contribution < -0.4 is 10.9 Å². The van der Waals surface area contributed by atoms with Crippen molar-refractivity contribution in [3.63, 3.8) is 0 Å². The molecule has 26 heavy (non-hydrogen) atoms.